The van der Waals surface area contributed by atoms with Gasteiger partial charge in [0.1, 0.15) is 6.10 Å². The molecule has 0 aliphatic heterocycles. The quantitative estimate of drug-likeness (QED) is 0.247. The van der Waals surface area contributed by atoms with Crippen molar-refractivity contribution in [2.45, 2.75) is 70.9 Å². The number of ketones is 1. The second kappa shape index (κ2) is 16.5. The Labute approximate surface area is 175 Å². The van der Waals surface area contributed by atoms with E-state index < -0.39 is 6.10 Å². The van der Waals surface area contributed by atoms with Crippen LogP contribution in [0.15, 0.2) is 66.8 Å². The molecule has 4 heteroatoms. The van der Waals surface area contributed by atoms with Gasteiger partial charge in [-0.3, -0.25) is 9.59 Å². The molecular formula is C25H35NO3. The zero-order chi connectivity index (χ0) is 21.2. The lowest BCUT2D eigenvalue weighted by Gasteiger charge is -2.11. The van der Waals surface area contributed by atoms with Crippen LogP contribution in [0.4, 0.5) is 0 Å². The van der Waals surface area contributed by atoms with E-state index in [0.29, 0.717) is 19.4 Å². The zero-order valence-electron chi connectivity index (χ0n) is 17.6. The van der Waals surface area contributed by atoms with Crippen LogP contribution in [0.2, 0.25) is 0 Å². The van der Waals surface area contributed by atoms with Crippen LogP contribution in [-0.4, -0.2) is 22.9 Å². The minimum Gasteiger partial charge on any atom is -0.383 e. The molecule has 0 aliphatic rings. The Kier molecular flexibility index (Phi) is 14.0. The van der Waals surface area contributed by atoms with Gasteiger partial charge >= 0.3 is 0 Å². The highest BCUT2D eigenvalue weighted by Crippen LogP contribution is 2.09. The van der Waals surface area contributed by atoms with Crippen molar-refractivity contribution < 1.29 is 14.7 Å². The van der Waals surface area contributed by atoms with Gasteiger partial charge in [-0.1, -0.05) is 93.3 Å². The maximum absolute atomic E-state index is 11.9. The molecule has 4 nitrogen and oxygen atoms in total. The minimum absolute atomic E-state index is 0.132. The summed E-state index contributed by atoms with van der Waals surface area (Å²) in [6.45, 7) is 2.56. The van der Waals surface area contributed by atoms with Crippen molar-refractivity contribution in [1.82, 2.24) is 5.32 Å². The summed E-state index contributed by atoms with van der Waals surface area (Å²) < 4.78 is 0. The number of allylic oxidation sites excluding steroid dienone is 6. The Morgan fingerprint density at radius 2 is 1.72 bits per heavy atom. The van der Waals surface area contributed by atoms with Crippen LogP contribution in [0.1, 0.15) is 63.9 Å². The molecule has 158 valence electrons. The van der Waals surface area contributed by atoms with E-state index in [-0.39, 0.29) is 11.7 Å². The maximum Gasteiger partial charge on any atom is 0.249 e. The number of aliphatic hydroxyl groups is 1. The summed E-state index contributed by atoms with van der Waals surface area (Å²) >= 11 is 0. The molecule has 1 atom stereocenters. The van der Waals surface area contributed by atoms with Gasteiger partial charge in [0, 0.05) is 13.0 Å². The molecule has 0 heterocycles. The number of hydrogen-bond donors (Lipinski definition) is 2. The van der Waals surface area contributed by atoms with E-state index in [1.165, 1.54) is 0 Å². The molecule has 0 saturated carbocycles. The summed E-state index contributed by atoms with van der Waals surface area (Å²) in [5.41, 5.74) is 1.01. The predicted octanol–water partition coefficient (Wildman–Crippen LogP) is 5.04. The number of amides is 1. The molecule has 1 aromatic carbocycles. The Morgan fingerprint density at radius 1 is 1.00 bits per heavy atom. The lowest BCUT2D eigenvalue weighted by Crippen LogP contribution is -2.34. The molecule has 0 bridgehead atoms. The largest absolute Gasteiger partial charge is 0.383 e. The summed E-state index contributed by atoms with van der Waals surface area (Å²) in [6.07, 6.45) is 17.0. The summed E-state index contributed by atoms with van der Waals surface area (Å²) in [5.74, 6) is -0.195. The monoisotopic (exact) mass is 397 g/mol. The lowest BCUT2D eigenvalue weighted by molar-refractivity contribution is -0.129. The van der Waals surface area contributed by atoms with Gasteiger partial charge in [-0.25, -0.2) is 0 Å². The van der Waals surface area contributed by atoms with Crippen molar-refractivity contribution in [2.24, 2.45) is 0 Å². The molecule has 0 radical (unpaired) electrons. The fourth-order valence-electron chi connectivity index (χ4n) is 2.74. The highest BCUT2D eigenvalue weighted by atomic mass is 16.3. The number of aliphatic hydroxyl groups excluding tert-OH is 1. The van der Waals surface area contributed by atoms with Gasteiger partial charge in [0.2, 0.25) is 5.91 Å². The summed E-state index contributed by atoms with van der Waals surface area (Å²) in [6, 6.07) is 9.63. The Morgan fingerprint density at radius 3 is 2.48 bits per heavy atom. The van der Waals surface area contributed by atoms with E-state index in [4.69, 9.17) is 0 Å². The number of nitrogens with one attached hydrogen (secondary N) is 1. The number of benzene rings is 1. The van der Waals surface area contributed by atoms with E-state index in [0.717, 1.165) is 44.1 Å². The fraction of sp³-hybridized carbons (Fsp3) is 0.440. The number of unbranched alkanes of at least 4 members (excludes halogenated alkanes) is 4. The van der Waals surface area contributed by atoms with E-state index in [2.05, 4.69) is 18.3 Å². The third-order valence-corrected chi connectivity index (χ3v) is 4.47. The van der Waals surface area contributed by atoms with Crippen molar-refractivity contribution >= 4 is 11.7 Å². The molecule has 1 rings (SSSR count). The Hall–Kier alpha value is -2.46. The van der Waals surface area contributed by atoms with E-state index in [1.807, 2.05) is 48.6 Å². The van der Waals surface area contributed by atoms with Gasteiger partial charge in [0.25, 0.3) is 0 Å². The highest BCUT2D eigenvalue weighted by molar-refractivity contribution is 5.89. The highest BCUT2D eigenvalue weighted by Gasteiger charge is 2.13. The number of carbonyl (C=O) groups excluding carboxylic acids is 2. The van der Waals surface area contributed by atoms with Crippen LogP contribution >= 0.6 is 0 Å². The van der Waals surface area contributed by atoms with Gasteiger partial charge in [-0.2, -0.15) is 0 Å². The van der Waals surface area contributed by atoms with Gasteiger partial charge < -0.3 is 10.4 Å². The van der Waals surface area contributed by atoms with Crippen LogP contribution < -0.4 is 5.32 Å². The predicted molar refractivity (Wildman–Crippen MR) is 119 cm³/mol. The van der Waals surface area contributed by atoms with Crippen molar-refractivity contribution in [3.63, 3.8) is 0 Å². The van der Waals surface area contributed by atoms with Crippen molar-refractivity contribution in [2.75, 3.05) is 0 Å². The molecule has 0 aliphatic carbocycles. The number of carbonyl (C=O) groups is 2. The van der Waals surface area contributed by atoms with E-state index >= 15 is 0 Å². The van der Waals surface area contributed by atoms with Crippen molar-refractivity contribution in [1.29, 1.82) is 0 Å². The average molecular weight is 398 g/mol. The standard InChI is InChI=1S/C25H35NO3/c1-2-3-4-5-6-7-13-18-23(27)19-14-8-9-15-20-24(28)25(29)26-21-22-16-11-10-12-17-22/h4-7,10-13,16-18,24,28H,2-3,8-9,14-15,19-21H2,1H3,(H,26,29)/t24-/m0/s1. The lowest BCUT2D eigenvalue weighted by atomic mass is 10.1. The van der Waals surface area contributed by atoms with Gasteiger partial charge in [-0.15, -0.1) is 0 Å². The second-order valence-electron chi connectivity index (χ2n) is 7.10. The zero-order valence-corrected chi connectivity index (χ0v) is 17.6. The van der Waals surface area contributed by atoms with Crippen molar-refractivity contribution in [3.8, 4) is 0 Å². The molecule has 1 amide bonds. The second-order valence-corrected chi connectivity index (χ2v) is 7.10. The number of rotatable bonds is 15. The molecular weight excluding hydrogens is 362 g/mol. The summed E-state index contributed by atoms with van der Waals surface area (Å²) in [7, 11) is 0. The third kappa shape index (κ3) is 13.4. The molecule has 29 heavy (non-hydrogen) atoms. The van der Waals surface area contributed by atoms with E-state index in [1.54, 1.807) is 12.2 Å². The first-order chi connectivity index (χ1) is 14.1. The maximum atomic E-state index is 11.9. The van der Waals surface area contributed by atoms with Crippen LogP contribution in [-0.2, 0) is 16.1 Å². The smallest absolute Gasteiger partial charge is 0.249 e. The van der Waals surface area contributed by atoms with Crippen molar-refractivity contribution in [3.05, 3.63) is 72.4 Å². The molecule has 0 spiro atoms. The molecule has 1 aromatic rings. The molecule has 0 aromatic heterocycles. The van der Waals surface area contributed by atoms with Gasteiger partial charge in [-0.05, 0) is 30.9 Å². The summed E-state index contributed by atoms with van der Waals surface area (Å²) in [5, 5.41) is 12.7. The molecule has 2 N–H and O–H groups in total. The van der Waals surface area contributed by atoms with Crippen LogP contribution in [0, 0.1) is 0 Å². The Balaban J connectivity index is 2.05. The van der Waals surface area contributed by atoms with Gasteiger partial charge in [0.05, 0.1) is 0 Å². The van der Waals surface area contributed by atoms with E-state index in [9.17, 15) is 14.7 Å². The fourth-order valence-corrected chi connectivity index (χ4v) is 2.74. The van der Waals surface area contributed by atoms with Crippen LogP contribution in [0.5, 0.6) is 0 Å². The normalized spacial score (nSPS) is 12.8. The number of hydrogen-bond acceptors (Lipinski definition) is 3. The van der Waals surface area contributed by atoms with Gasteiger partial charge in [0.15, 0.2) is 5.78 Å². The Bertz CT molecular complexity index is 662. The third-order valence-electron chi connectivity index (χ3n) is 4.47. The topological polar surface area (TPSA) is 66.4 Å². The minimum atomic E-state index is -0.971. The molecule has 0 unspecified atom stereocenters. The summed E-state index contributed by atoms with van der Waals surface area (Å²) in [4.78, 5) is 23.7. The first-order valence-corrected chi connectivity index (χ1v) is 10.7. The average Bonchev–Trinajstić information content (AvgIpc) is 2.74. The molecule has 0 saturated heterocycles. The first-order valence-electron chi connectivity index (χ1n) is 10.7. The van der Waals surface area contributed by atoms with Crippen LogP contribution in [0.25, 0.3) is 0 Å². The SMILES string of the molecule is CCCC=CC=CC=CC(=O)CCCCCC[C@H](O)C(=O)NCc1ccccc1. The van der Waals surface area contributed by atoms with Crippen LogP contribution in [0.3, 0.4) is 0 Å². The molecule has 0 fully saturated rings. The first kappa shape index (κ1) is 24.6.